The van der Waals surface area contributed by atoms with Crippen molar-refractivity contribution < 1.29 is 4.79 Å². The predicted octanol–water partition coefficient (Wildman–Crippen LogP) is 3.43. The summed E-state index contributed by atoms with van der Waals surface area (Å²) < 4.78 is 0.820. The molecule has 1 heterocycles. The van der Waals surface area contributed by atoms with Gasteiger partial charge in [-0.05, 0) is 49.9 Å². The summed E-state index contributed by atoms with van der Waals surface area (Å²) in [4.78, 5) is 12.0. The molecule has 112 valence electrons. The van der Waals surface area contributed by atoms with Crippen LogP contribution in [0.15, 0.2) is 22.0 Å². The molecule has 1 amide bonds. The summed E-state index contributed by atoms with van der Waals surface area (Å²) in [7, 11) is 0. The minimum absolute atomic E-state index is 0.00631. The quantitative estimate of drug-likeness (QED) is 0.857. The van der Waals surface area contributed by atoms with Crippen LogP contribution in [0.4, 0.5) is 0 Å². The zero-order chi connectivity index (χ0) is 15.4. The second-order valence-electron chi connectivity index (χ2n) is 5.08. The van der Waals surface area contributed by atoms with Crippen LogP contribution in [-0.4, -0.2) is 21.9 Å². The van der Waals surface area contributed by atoms with Crippen LogP contribution >= 0.6 is 23.1 Å². The number of rotatable bonds is 5. The molecule has 4 nitrogen and oxygen atoms in total. The number of hydrogen-bond donors (Lipinski definition) is 1. The molecule has 1 aromatic heterocycles. The smallest absolute Gasteiger partial charge is 0.230 e. The second kappa shape index (κ2) is 7.04. The Hall–Kier alpha value is -1.40. The van der Waals surface area contributed by atoms with E-state index in [0.717, 1.165) is 4.34 Å². The number of carbonyl (C=O) groups excluding carboxylic acids is 1. The molecule has 6 heteroatoms. The van der Waals surface area contributed by atoms with Crippen LogP contribution in [0.1, 0.15) is 35.2 Å². The van der Waals surface area contributed by atoms with Gasteiger partial charge in [-0.2, -0.15) is 0 Å². The van der Waals surface area contributed by atoms with Crippen LogP contribution in [0.2, 0.25) is 0 Å². The Labute approximate surface area is 133 Å². The number of hydrogen-bond acceptors (Lipinski definition) is 5. The van der Waals surface area contributed by atoms with Crippen molar-refractivity contribution in [2.24, 2.45) is 0 Å². The SMILES string of the molecule is Cc1cc(C)c(C(C)NC(=O)CSc2nncs2)cc1C. The lowest BCUT2D eigenvalue weighted by Crippen LogP contribution is -2.28. The molecule has 0 bridgehead atoms. The fourth-order valence-corrected chi connectivity index (χ4v) is 3.46. The molecule has 0 aliphatic rings. The Morgan fingerprint density at radius 1 is 1.29 bits per heavy atom. The lowest BCUT2D eigenvalue weighted by atomic mass is 9.96. The van der Waals surface area contributed by atoms with Gasteiger partial charge in [0.2, 0.25) is 5.91 Å². The summed E-state index contributed by atoms with van der Waals surface area (Å²) in [5, 5.41) is 10.7. The topological polar surface area (TPSA) is 54.9 Å². The van der Waals surface area contributed by atoms with Gasteiger partial charge >= 0.3 is 0 Å². The van der Waals surface area contributed by atoms with Gasteiger partial charge in [0.05, 0.1) is 11.8 Å². The van der Waals surface area contributed by atoms with E-state index < -0.39 is 0 Å². The minimum atomic E-state index is 0.00631. The molecule has 1 atom stereocenters. The molecule has 0 saturated carbocycles. The molecule has 1 unspecified atom stereocenters. The van der Waals surface area contributed by atoms with E-state index in [2.05, 4.69) is 48.4 Å². The third-order valence-corrected chi connectivity index (χ3v) is 5.25. The maximum atomic E-state index is 12.0. The lowest BCUT2D eigenvalue weighted by molar-refractivity contribution is -0.119. The molecule has 0 radical (unpaired) electrons. The highest BCUT2D eigenvalue weighted by Gasteiger charge is 2.13. The standard InChI is InChI=1S/C15H19N3OS2/c1-9-5-11(3)13(6-10(9)2)12(4)17-14(19)7-20-15-18-16-8-21-15/h5-6,8,12H,7H2,1-4H3,(H,17,19). The minimum Gasteiger partial charge on any atom is -0.349 e. The molecule has 2 aromatic rings. The Bertz CT molecular complexity index is 626. The monoisotopic (exact) mass is 321 g/mol. The maximum Gasteiger partial charge on any atom is 0.230 e. The molecule has 0 spiro atoms. The van der Waals surface area contributed by atoms with E-state index >= 15 is 0 Å². The molecule has 0 aliphatic heterocycles. The van der Waals surface area contributed by atoms with Crippen LogP contribution in [0.5, 0.6) is 0 Å². The Balaban J connectivity index is 1.96. The number of nitrogens with zero attached hydrogens (tertiary/aromatic N) is 2. The average Bonchev–Trinajstić information content (AvgIpc) is 2.93. The highest BCUT2D eigenvalue weighted by Crippen LogP contribution is 2.22. The highest BCUT2D eigenvalue weighted by atomic mass is 32.2. The summed E-state index contributed by atoms with van der Waals surface area (Å²) in [6.45, 7) is 8.30. The van der Waals surface area contributed by atoms with Gasteiger partial charge in [0.25, 0.3) is 0 Å². The second-order valence-corrected chi connectivity index (χ2v) is 7.13. The van der Waals surface area contributed by atoms with Crippen molar-refractivity contribution in [1.29, 1.82) is 0 Å². The Kier molecular flexibility index (Phi) is 5.36. The van der Waals surface area contributed by atoms with Gasteiger partial charge in [0.1, 0.15) is 5.51 Å². The summed E-state index contributed by atoms with van der Waals surface area (Å²) in [5.74, 6) is 0.379. The summed E-state index contributed by atoms with van der Waals surface area (Å²) >= 11 is 2.86. The zero-order valence-electron chi connectivity index (χ0n) is 12.6. The summed E-state index contributed by atoms with van der Waals surface area (Å²) in [6, 6.07) is 4.34. The van der Waals surface area contributed by atoms with Crippen LogP contribution < -0.4 is 5.32 Å². The number of aromatic nitrogens is 2. The van der Waals surface area contributed by atoms with E-state index in [1.54, 1.807) is 5.51 Å². The molecule has 0 aliphatic carbocycles. The van der Waals surface area contributed by atoms with E-state index in [4.69, 9.17) is 0 Å². The number of carbonyl (C=O) groups is 1. The van der Waals surface area contributed by atoms with Crippen molar-refractivity contribution in [1.82, 2.24) is 15.5 Å². The Morgan fingerprint density at radius 2 is 2.00 bits per heavy atom. The maximum absolute atomic E-state index is 12.0. The molecule has 1 N–H and O–H groups in total. The average molecular weight is 321 g/mol. The first kappa shape index (κ1) is 16.0. The Morgan fingerprint density at radius 3 is 2.67 bits per heavy atom. The summed E-state index contributed by atoms with van der Waals surface area (Å²) in [6.07, 6.45) is 0. The third-order valence-electron chi connectivity index (χ3n) is 3.39. The largest absolute Gasteiger partial charge is 0.349 e. The van der Waals surface area contributed by atoms with Gasteiger partial charge in [-0.1, -0.05) is 35.2 Å². The van der Waals surface area contributed by atoms with E-state index in [1.807, 2.05) is 6.92 Å². The number of amides is 1. The number of aryl methyl sites for hydroxylation is 3. The van der Waals surface area contributed by atoms with Crippen LogP contribution in [0, 0.1) is 20.8 Å². The van der Waals surface area contributed by atoms with Crippen LogP contribution in [0.3, 0.4) is 0 Å². The number of nitrogens with one attached hydrogen (secondary N) is 1. The molecule has 1 aromatic carbocycles. The van der Waals surface area contributed by atoms with Gasteiger partial charge in [-0.25, -0.2) is 0 Å². The normalized spacial score (nSPS) is 12.2. The molecule has 21 heavy (non-hydrogen) atoms. The number of thioether (sulfide) groups is 1. The molecular formula is C15H19N3OS2. The first-order valence-corrected chi connectivity index (χ1v) is 8.60. The van der Waals surface area contributed by atoms with Gasteiger partial charge < -0.3 is 5.32 Å². The van der Waals surface area contributed by atoms with Gasteiger partial charge in [0.15, 0.2) is 4.34 Å². The third kappa shape index (κ3) is 4.28. The van der Waals surface area contributed by atoms with Crippen LogP contribution in [-0.2, 0) is 4.79 Å². The van der Waals surface area contributed by atoms with Crippen molar-refractivity contribution in [3.8, 4) is 0 Å². The van der Waals surface area contributed by atoms with Crippen molar-refractivity contribution >= 4 is 29.0 Å². The molecule has 0 saturated heterocycles. The first-order valence-electron chi connectivity index (χ1n) is 6.73. The van der Waals surface area contributed by atoms with Gasteiger partial charge in [-0.3, -0.25) is 4.79 Å². The van der Waals surface area contributed by atoms with Crippen molar-refractivity contribution in [2.75, 3.05) is 5.75 Å². The van der Waals surface area contributed by atoms with Crippen molar-refractivity contribution in [3.63, 3.8) is 0 Å². The zero-order valence-corrected chi connectivity index (χ0v) is 14.3. The van der Waals surface area contributed by atoms with Crippen molar-refractivity contribution in [2.45, 2.75) is 38.1 Å². The molecule has 0 fully saturated rings. The van der Waals surface area contributed by atoms with Crippen molar-refractivity contribution in [3.05, 3.63) is 39.9 Å². The predicted molar refractivity (Wildman–Crippen MR) is 87.8 cm³/mol. The first-order chi connectivity index (χ1) is 9.97. The van der Waals surface area contributed by atoms with Gasteiger partial charge in [0, 0.05) is 0 Å². The number of benzene rings is 1. The highest BCUT2D eigenvalue weighted by molar-refractivity contribution is 8.01. The molecule has 2 rings (SSSR count). The van der Waals surface area contributed by atoms with E-state index in [9.17, 15) is 4.79 Å². The van der Waals surface area contributed by atoms with E-state index in [1.165, 1.54) is 45.4 Å². The fraction of sp³-hybridized carbons (Fsp3) is 0.400. The van der Waals surface area contributed by atoms with Gasteiger partial charge in [-0.15, -0.1) is 10.2 Å². The van der Waals surface area contributed by atoms with E-state index in [-0.39, 0.29) is 11.9 Å². The lowest BCUT2D eigenvalue weighted by Gasteiger charge is -2.18. The molecular weight excluding hydrogens is 302 g/mol. The fourth-order valence-electron chi connectivity index (χ4n) is 2.16. The summed E-state index contributed by atoms with van der Waals surface area (Å²) in [5.41, 5.74) is 6.58. The van der Waals surface area contributed by atoms with Crippen LogP contribution in [0.25, 0.3) is 0 Å². The van der Waals surface area contributed by atoms with E-state index in [0.29, 0.717) is 5.75 Å².